The van der Waals surface area contributed by atoms with E-state index < -0.39 is 30.4 Å². The van der Waals surface area contributed by atoms with E-state index >= 15 is 0 Å². The molecule has 1 aliphatic heterocycles. The van der Waals surface area contributed by atoms with Crippen molar-refractivity contribution in [1.29, 1.82) is 0 Å². The smallest absolute Gasteiger partial charge is 0.333 e. The molecule has 0 aromatic heterocycles. The highest BCUT2D eigenvalue weighted by atomic mass is 16.6. The second-order valence-electron chi connectivity index (χ2n) is 10.5. The monoisotopic (exact) mass is 594 g/mol. The van der Waals surface area contributed by atoms with Gasteiger partial charge < -0.3 is 28.4 Å². The first kappa shape index (κ1) is 31.2. The third-order valence-electron chi connectivity index (χ3n) is 7.25. The van der Waals surface area contributed by atoms with E-state index in [1.807, 2.05) is 121 Å². The van der Waals surface area contributed by atoms with Crippen LogP contribution in [-0.4, -0.2) is 44.1 Å². The molecule has 0 bridgehead atoms. The van der Waals surface area contributed by atoms with Gasteiger partial charge in [-0.05, 0) is 22.3 Å². The van der Waals surface area contributed by atoms with E-state index in [1.54, 1.807) is 0 Å². The van der Waals surface area contributed by atoms with Crippen molar-refractivity contribution in [3.63, 3.8) is 0 Å². The van der Waals surface area contributed by atoms with Crippen molar-refractivity contribution >= 4 is 5.97 Å². The summed E-state index contributed by atoms with van der Waals surface area (Å²) in [6.07, 6.45) is -1.27. The van der Waals surface area contributed by atoms with Gasteiger partial charge in [-0.3, -0.25) is 0 Å². The summed E-state index contributed by atoms with van der Waals surface area (Å²) in [5.74, 6) is -0.249. The zero-order valence-corrected chi connectivity index (χ0v) is 24.8. The molecule has 4 aromatic carbocycles. The quantitative estimate of drug-likeness (QED) is 0.123. The Morgan fingerprint density at radius 2 is 1.05 bits per heavy atom. The van der Waals surface area contributed by atoms with Gasteiger partial charge in [0.15, 0.2) is 6.10 Å². The van der Waals surface area contributed by atoms with Crippen LogP contribution in [0.5, 0.6) is 0 Å². The van der Waals surface area contributed by atoms with Crippen LogP contribution >= 0.6 is 0 Å². The highest BCUT2D eigenvalue weighted by molar-refractivity contribution is 5.82. The van der Waals surface area contributed by atoms with Crippen molar-refractivity contribution < 1.29 is 33.2 Å². The Bertz CT molecular complexity index is 1430. The molecule has 0 saturated carbocycles. The van der Waals surface area contributed by atoms with Crippen LogP contribution in [0.1, 0.15) is 22.3 Å². The van der Waals surface area contributed by atoms with Gasteiger partial charge in [0.25, 0.3) is 0 Å². The number of carbonyl (C=O) groups excluding carboxylic acids is 1. The molecule has 1 fully saturated rings. The summed E-state index contributed by atoms with van der Waals surface area (Å²) in [4.78, 5) is 12.5. The fourth-order valence-electron chi connectivity index (χ4n) is 5.00. The predicted octanol–water partition coefficient (Wildman–Crippen LogP) is 6.42. The molecule has 4 atom stereocenters. The van der Waals surface area contributed by atoms with Crippen molar-refractivity contribution in [3.8, 4) is 0 Å². The number of rotatable bonds is 14. The third kappa shape index (κ3) is 9.11. The Hall–Kier alpha value is -4.27. The maximum absolute atomic E-state index is 12.5. The zero-order valence-electron chi connectivity index (χ0n) is 24.8. The highest BCUT2D eigenvalue weighted by Gasteiger charge is 2.47. The Kier molecular flexibility index (Phi) is 11.7. The summed E-state index contributed by atoms with van der Waals surface area (Å²) in [5, 5.41) is 0. The molecule has 44 heavy (non-hydrogen) atoms. The molecule has 0 N–H and O–H groups in total. The highest BCUT2D eigenvalue weighted by Crippen LogP contribution is 2.33. The summed E-state index contributed by atoms with van der Waals surface area (Å²) < 4.78 is 37.3. The summed E-state index contributed by atoms with van der Waals surface area (Å²) in [7, 11) is 1.33. The molecule has 1 heterocycles. The Labute approximate surface area is 258 Å². The fraction of sp³-hybridized carbons (Fsp3) is 0.270. The molecule has 0 unspecified atom stereocenters. The maximum atomic E-state index is 12.5. The van der Waals surface area contributed by atoms with Gasteiger partial charge in [0.1, 0.15) is 24.1 Å². The number of hydrogen-bond acceptors (Lipinski definition) is 7. The van der Waals surface area contributed by atoms with Gasteiger partial charge >= 0.3 is 5.97 Å². The second-order valence-corrected chi connectivity index (χ2v) is 10.5. The summed E-state index contributed by atoms with van der Waals surface area (Å²) >= 11 is 0. The zero-order chi connectivity index (χ0) is 30.4. The first-order valence-electron chi connectivity index (χ1n) is 14.7. The Balaban J connectivity index is 1.46. The molecular formula is C37H38O7. The predicted molar refractivity (Wildman–Crippen MR) is 166 cm³/mol. The van der Waals surface area contributed by atoms with E-state index in [2.05, 4.69) is 0 Å². The van der Waals surface area contributed by atoms with Crippen molar-refractivity contribution in [2.24, 2.45) is 0 Å². The molecule has 5 rings (SSSR count). The van der Waals surface area contributed by atoms with Crippen LogP contribution in [0.25, 0.3) is 0 Å². The number of ether oxygens (including phenoxy) is 6. The molecule has 0 radical (unpaired) electrons. The Morgan fingerprint density at radius 1 is 0.614 bits per heavy atom. The van der Waals surface area contributed by atoms with Gasteiger partial charge in [0, 0.05) is 0 Å². The van der Waals surface area contributed by atoms with Crippen LogP contribution < -0.4 is 0 Å². The Morgan fingerprint density at radius 3 is 1.52 bits per heavy atom. The topological polar surface area (TPSA) is 72.5 Å². The molecule has 0 spiro atoms. The van der Waals surface area contributed by atoms with Crippen LogP contribution in [0, 0.1) is 0 Å². The van der Waals surface area contributed by atoms with Crippen LogP contribution in [-0.2, 0) is 59.6 Å². The molecule has 0 aliphatic carbocycles. The lowest BCUT2D eigenvalue weighted by molar-refractivity contribution is -0.223. The van der Waals surface area contributed by atoms with E-state index in [4.69, 9.17) is 28.4 Å². The number of carbonyl (C=O) groups is 1. The van der Waals surface area contributed by atoms with Gasteiger partial charge in [-0.2, -0.15) is 0 Å². The van der Waals surface area contributed by atoms with Crippen LogP contribution in [0.4, 0.5) is 0 Å². The van der Waals surface area contributed by atoms with Crippen molar-refractivity contribution in [2.45, 2.75) is 50.8 Å². The van der Waals surface area contributed by atoms with Crippen LogP contribution in [0.2, 0.25) is 0 Å². The van der Waals surface area contributed by atoms with E-state index in [-0.39, 0.29) is 13.2 Å². The lowest BCUT2D eigenvalue weighted by Gasteiger charge is -2.43. The number of esters is 1. The van der Waals surface area contributed by atoms with Gasteiger partial charge in [-0.15, -0.1) is 0 Å². The maximum Gasteiger partial charge on any atom is 0.333 e. The average molecular weight is 595 g/mol. The summed E-state index contributed by atoms with van der Waals surface area (Å²) in [5.41, 5.74) is 4.02. The molecular weight excluding hydrogens is 556 g/mol. The minimum absolute atomic E-state index is 0.198. The fourth-order valence-corrected chi connectivity index (χ4v) is 5.00. The van der Waals surface area contributed by atoms with Gasteiger partial charge in [-0.1, -0.05) is 121 Å². The van der Waals surface area contributed by atoms with Crippen molar-refractivity contribution in [1.82, 2.24) is 0 Å². The SMILES string of the molecule is COC(=O)/C=C1/O[C@H](COCc2ccccc2)[C@@H](OCc2ccccc2)[C@H](OCc2ccccc2)[C@@H]1OCc1ccccc1. The van der Waals surface area contributed by atoms with Crippen LogP contribution in [0.15, 0.2) is 133 Å². The third-order valence-corrected chi connectivity index (χ3v) is 7.25. The largest absolute Gasteiger partial charge is 0.486 e. The normalized spacial score (nSPS) is 20.6. The minimum Gasteiger partial charge on any atom is -0.486 e. The van der Waals surface area contributed by atoms with Crippen LogP contribution in [0.3, 0.4) is 0 Å². The summed E-state index contributed by atoms with van der Waals surface area (Å²) in [6.45, 7) is 1.51. The van der Waals surface area contributed by atoms with Gasteiger partial charge in [-0.25, -0.2) is 4.79 Å². The lowest BCUT2D eigenvalue weighted by atomic mass is 9.96. The van der Waals surface area contributed by atoms with E-state index in [0.717, 1.165) is 22.3 Å². The van der Waals surface area contributed by atoms with Crippen molar-refractivity contribution in [2.75, 3.05) is 13.7 Å². The van der Waals surface area contributed by atoms with Gasteiger partial charge in [0.05, 0.1) is 46.2 Å². The molecule has 1 aliphatic rings. The molecule has 7 heteroatoms. The molecule has 4 aromatic rings. The van der Waals surface area contributed by atoms with E-state index in [9.17, 15) is 4.79 Å². The first-order valence-corrected chi connectivity index (χ1v) is 14.7. The average Bonchev–Trinajstić information content (AvgIpc) is 3.08. The number of benzene rings is 4. The van der Waals surface area contributed by atoms with Gasteiger partial charge in [0.2, 0.25) is 0 Å². The molecule has 0 amide bonds. The minimum atomic E-state index is -0.760. The van der Waals surface area contributed by atoms with Crippen molar-refractivity contribution in [3.05, 3.63) is 155 Å². The standard InChI is InChI=1S/C37H38O7/c1-39-34(38)22-32-35(41-24-29-16-8-3-9-17-29)37(43-26-31-20-12-5-13-21-31)36(42-25-30-18-10-4-11-19-30)33(44-32)27-40-23-28-14-6-2-7-15-28/h2-22,33,35-37H,23-27H2,1H3/b32-22+/t33-,35-,36-,37-/m1/s1. The number of hydrogen-bond donors (Lipinski definition) is 0. The first-order chi connectivity index (χ1) is 21.7. The molecule has 1 saturated heterocycles. The summed E-state index contributed by atoms with van der Waals surface area (Å²) in [6, 6.07) is 39.6. The van der Waals surface area contributed by atoms with E-state index in [1.165, 1.54) is 13.2 Å². The second kappa shape index (κ2) is 16.5. The molecule has 228 valence electrons. The molecule has 7 nitrogen and oxygen atoms in total. The number of methoxy groups -OCH3 is 1. The van der Waals surface area contributed by atoms with E-state index in [0.29, 0.717) is 25.6 Å². The lowest BCUT2D eigenvalue weighted by Crippen LogP contribution is -2.56.